The quantitative estimate of drug-likeness (QED) is 0.714. The third kappa shape index (κ3) is 1.56. The summed E-state index contributed by atoms with van der Waals surface area (Å²) in [5.41, 5.74) is 2.75. The molecule has 0 saturated heterocycles. The molecule has 78 valence electrons. The van der Waals surface area contributed by atoms with Crippen molar-refractivity contribution in [2.24, 2.45) is 0 Å². The van der Waals surface area contributed by atoms with Gasteiger partial charge in [0.15, 0.2) is 6.29 Å². The summed E-state index contributed by atoms with van der Waals surface area (Å²) in [6.45, 7) is 4.09. The molecular formula is C13H14O2. The highest BCUT2D eigenvalue weighted by Crippen LogP contribution is 2.26. The van der Waals surface area contributed by atoms with Crippen molar-refractivity contribution in [3.63, 3.8) is 0 Å². The lowest BCUT2D eigenvalue weighted by Gasteiger charge is -1.95. The predicted octanol–water partition coefficient (Wildman–Crippen LogP) is 3.37. The molecule has 0 amide bonds. The van der Waals surface area contributed by atoms with Crippen molar-refractivity contribution in [1.82, 2.24) is 0 Å². The number of hydrogen-bond donors (Lipinski definition) is 0. The van der Waals surface area contributed by atoms with Crippen LogP contribution in [0.15, 0.2) is 22.6 Å². The van der Waals surface area contributed by atoms with Gasteiger partial charge in [0, 0.05) is 11.8 Å². The molecule has 0 fully saturated rings. The summed E-state index contributed by atoms with van der Waals surface area (Å²) < 4.78 is 5.61. The van der Waals surface area contributed by atoms with E-state index in [2.05, 4.69) is 6.92 Å². The molecule has 15 heavy (non-hydrogen) atoms. The van der Waals surface area contributed by atoms with Gasteiger partial charge in [-0.05, 0) is 24.1 Å². The van der Waals surface area contributed by atoms with Crippen LogP contribution >= 0.6 is 0 Å². The van der Waals surface area contributed by atoms with E-state index in [9.17, 15) is 4.79 Å². The highest BCUT2D eigenvalue weighted by molar-refractivity contribution is 5.97. The zero-order valence-electron chi connectivity index (χ0n) is 9.04. The number of fused-ring (bicyclic) bond motifs is 1. The number of carbonyl (C=O) groups excluding carboxylic acids is 1. The summed E-state index contributed by atoms with van der Waals surface area (Å²) in [6.07, 6.45) is 2.62. The Labute approximate surface area is 88.9 Å². The van der Waals surface area contributed by atoms with E-state index in [1.165, 1.54) is 5.56 Å². The van der Waals surface area contributed by atoms with Gasteiger partial charge in [0.25, 0.3) is 0 Å². The van der Waals surface area contributed by atoms with E-state index in [0.717, 1.165) is 35.9 Å². The van der Waals surface area contributed by atoms with E-state index in [1.54, 1.807) is 0 Å². The molecule has 0 radical (unpaired) electrons. The van der Waals surface area contributed by atoms with Crippen LogP contribution in [0.25, 0.3) is 11.0 Å². The third-order valence-electron chi connectivity index (χ3n) is 2.71. The Hall–Kier alpha value is -1.57. The molecule has 2 aromatic rings. The molecule has 1 aromatic heterocycles. The van der Waals surface area contributed by atoms with Crippen LogP contribution in [0.3, 0.4) is 0 Å². The smallest absolute Gasteiger partial charge is 0.154 e. The van der Waals surface area contributed by atoms with Crippen LogP contribution < -0.4 is 0 Å². The molecule has 1 aromatic carbocycles. The standard InChI is InChI=1S/C13H14O2/c1-3-9-5-6-13-10(7-9)11(8-14)12(4-2)15-13/h5-8H,3-4H2,1-2H3. The highest BCUT2D eigenvalue weighted by atomic mass is 16.3. The molecule has 0 spiro atoms. The number of hydrogen-bond acceptors (Lipinski definition) is 2. The van der Waals surface area contributed by atoms with Gasteiger partial charge in [0.1, 0.15) is 11.3 Å². The average molecular weight is 202 g/mol. The molecular weight excluding hydrogens is 188 g/mol. The van der Waals surface area contributed by atoms with Crippen molar-refractivity contribution < 1.29 is 9.21 Å². The first kappa shape index (κ1) is 9.97. The highest BCUT2D eigenvalue weighted by Gasteiger charge is 2.11. The minimum atomic E-state index is 0.711. The fourth-order valence-corrected chi connectivity index (χ4v) is 1.83. The fourth-order valence-electron chi connectivity index (χ4n) is 1.83. The molecule has 0 unspecified atom stereocenters. The van der Waals surface area contributed by atoms with Gasteiger partial charge >= 0.3 is 0 Å². The molecule has 0 aliphatic rings. The molecule has 0 atom stereocenters. The number of carbonyl (C=O) groups is 1. The predicted molar refractivity (Wildman–Crippen MR) is 60.4 cm³/mol. The second-order valence-electron chi connectivity index (χ2n) is 3.59. The van der Waals surface area contributed by atoms with Crippen LogP contribution in [-0.4, -0.2) is 6.29 Å². The second kappa shape index (κ2) is 3.89. The fraction of sp³-hybridized carbons (Fsp3) is 0.308. The lowest BCUT2D eigenvalue weighted by Crippen LogP contribution is -1.85. The van der Waals surface area contributed by atoms with E-state index in [1.807, 2.05) is 25.1 Å². The first-order valence-electron chi connectivity index (χ1n) is 5.29. The first-order chi connectivity index (χ1) is 7.30. The number of aldehydes is 1. The SMILES string of the molecule is CCc1ccc2oc(CC)c(C=O)c2c1. The Morgan fingerprint density at radius 1 is 1.27 bits per heavy atom. The zero-order valence-corrected chi connectivity index (χ0v) is 9.04. The summed E-state index contributed by atoms with van der Waals surface area (Å²) in [4.78, 5) is 11.0. The number of benzene rings is 1. The minimum Gasteiger partial charge on any atom is -0.460 e. The maximum Gasteiger partial charge on any atom is 0.154 e. The number of aryl methyl sites for hydroxylation is 2. The molecule has 2 nitrogen and oxygen atoms in total. The van der Waals surface area contributed by atoms with Crippen molar-refractivity contribution in [3.8, 4) is 0 Å². The molecule has 0 saturated carbocycles. The van der Waals surface area contributed by atoms with Crippen molar-refractivity contribution in [3.05, 3.63) is 35.1 Å². The van der Waals surface area contributed by atoms with Gasteiger partial charge in [0.2, 0.25) is 0 Å². The van der Waals surface area contributed by atoms with Gasteiger partial charge in [-0.3, -0.25) is 4.79 Å². The molecule has 2 heteroatoms. The summed E-state index contributed by atoms with van der Waals surface area (Å²) in [6, 6.07) is 6.03. The van der Waals surface area contributed by atoms with Crippen LogP contribution in [0.1, 0.15) is 35.5 Å². The monoisotopic (exact) mass is 202 g/mol. The van der Waals surface area contributed by atoms with Crippen molar-refractivity contribution >= 4 is 17.3 Å². The lowest BCUT2D eigenvalue weighted by molar-refractivity contribution is 0.112. The maximum atomic E-state index is 11.0. The molecule has 0 N–H and O–H groups in total. The zero-order chi connectivity index (χ0) is 10.8. The minimum absolute atomic E-state index is 0.711. The van der Waals surface area contributed by atoms with Crippen molar-refractivity contribution in [2.75, 3.05) is 0 Å². The van der Waals surface area contributed by atoms with E-state index in [4.69, 9.17) is 4.42 Å². The van der Waals surface area contributed by atoms with E-state index < -0.39 is 0 Å². The number of furan rings is 1. The normalized spacial score (nSPS) is 10.8. The van der Waals surface area contributed by atoms with Crippen LogP contribution in [0.5, 0.6) is 0 Å². The second-order valence-corrected chi connectivity index (χ2v) is 3.59. The van der Waals surface area contributed by atoms with Crippen molar-refractivity contribution in [1.29, 1.82) is 0 Å². The summed E-state index contributed by atoms with van der Waals surface area (Å²) >= 11 is 0. The van der Waals surface area contributed by atoms with Gasteiger partial charge in [-0.15, -0.1) is 0 Å². The third-order valence-corrected chi connectivity index (χ3v) is 2.71. The van der Waals surface area contributed by atoms with E-state index >= 15 is 0 Å². The van der Waals surface area contributed by atoms with Gasteiger partial charge in [-0.1, -0.05) is 19.9 Å². The van der Waals surface area contributed by atoms with E-state index in [0.29, 0.717) is 5.56 Å². The first-order valence-corrected chi connectivity index (χ1v) is 5.29. The number of rotatable bonds is 3. The van der Waals surface area contributed by atoms with Gasteiger partial charge in [0.05, 0.1) is 5.56 Å². The van der Waals surface area contributed by atoms with Gasteiger partial charge < -0.3 is 4.42 Å². The molecule has 0 bridgehead atoms. The van der Waals surface area contributed by atoms with Gasteiger partial charge in [-0.25, -0.2) is 0 Å². The van der Waals surface area contributed by atoms with Crippen LogP contribution in [0.4, 0.5) is 0 Å². The summed E-state index contributed by atoms with van der Waals surface area (Å²) in [5.74, 6) is 0.785. The Kier molecular flexibility index (Phi) is 2.58. The largest absolute Gasteiger partial charge is 0.460 e. The topological polar surface area (TPSA) is 30.2 Å². The maximum absolute atomic E-state index is 11.0. The van der Waals surface area contributed by atoms with Crippen LogP contribution in [-0.2, 0) is 12.8 Å². The molecule has 1 heterocycles. The Morgan fingerprint density at radius 3 is 2.67 bits per heavy atom. The Morgan fingerprint density at radius 2 is 2.07 bits per heavy atom. The van der Waals surface area contributed by atoms with Crippen LogP contribution in [0.2, 0.25) is 0 Å². The van der Waals surface area contributed by atoms with Gasteiger partial charge in [-0.2, -0.15) is 0 Å². The lowest BCUT2D eigenvalue weighted by atomic mass is 10.1. The van der Waals surface area contributed by atoms with E-state index in [-0.39, 0.29) is 0 Å². The molecule has 0 aliphatic heterocycles. The summed E-state index contributed by atoms with van der Waals surface area (Å²) in [7, 11) is 0. The molecule has 0 aliphatic carbocycles. The van der Waals surface area contributed by atoms with Crippen LogP contribution in [0, 0.1) is 0 Å². The van der Waals surface area contributed by atoms with Crippen molar-refractivity contribution in [2.45, 2.75) is 26.7 Å². The Balaban J connectivity index is 2.73. The molecule has 2 rings (SSSR count). The summed E-state index contributed by atoms with van der Waals surface area (Å²) in [5, 5.41) is 0.946. The average Bonchev–Trinajstić information content (AvgIpc) is 2.65. The Bertz CT molecular complexity index is 494.